The van der Waals surface area contributed by atoms with Gasteiger partial charge in [-0.2, -0.15) is 0 Å². The number of aryl methyl sites for hydroxylation is 2. The summed E-state index contributed by atoms with van der Waals surface area (Å²) in [6, 6.07) is 0. The van der Waals surface area contributed by atoms with Crippen LogP contribution in [0.1, 0.15) is 37.6 Å². The lowest BCUT2D eigenvalue weighted by Crippen LogP contribution is -2.34. The fourth-order valence-corrected chi connectivity index (χ4v) is 5.34. The first-order valence-electron chi connectivity index (χ1n) is 9.02. The lowest BCUT2D eigenvalue weighted by Gasteiger charge is -2.15. The van der Waals surface area contributed by atoms with Crippen LogP contribution in [0.4, 0.5) is 0 Å². The van der Waals surface area contributed by atoms with Crippen molar-refractivity contribution in [3.63, 3.8) is 0 Å². The van der Waals surface area contributed by atoms with Crippen LogP contribution in [-0.4, -0.2) is 27.3 Å². The second-order valence-corrected chi connectivity index (χ2v) is 9.43. The molecule has 3 rings (SSSR count). The summed E-state index contributed by atoms with van der Waals surface area (Å²) in [6.07, 6.45) is 4.81. The Morgan fingerprint density at radius 3 is 2.88 bits per heavy atom. The van der Waals surface area contributed by atoms with Crippen molar-refractivity contribution in [2.75, 3.05) is 6.54 Å². The monoisotopic (exact) mass is 391 g/mol. The molecular formula is C19H25N3O2S2. The SMILES string of the molecule is C=CCn1c(S[C@@H](C)C(=O)NCC(C)C)nc2sc3c(c2c1=O)CCC3. The van der Waals surface area contributed by atoms with Crippen molar-refractivity contribution in [1.29, 1.82) is 0 Å². The van der Waals surface area contributed by atoms with Gasteiger partial charge in [0.15, 0.2) is 5.16 Å². The van der Waals surface area contributed by atoms with E-state index in [4.69, 9.17) is 4.98 Å². The molecule has 1 aliphatic rings. The number of thiophene rings is 1. The first-order valence-corrected chi connectivity index (χ1v) is 10.7. The zero-order chi connectivity index (χ0) is 18.8. The van der Waals surface area contributed by atoms with Crippen molar-refractivity contribution in [3.8, 4) is 0 Å². The number of carbonyl (C=O) groups is 1. The molecule has 7 heteroatoms. The molecule has 0 saturated heterocycles. The van der Waals surface area contributed by atoms with Gasteiger partial charge in [0.25, 0.3) is 5.56 Å². The lowest BCUT2D eigenvalue weighted by molar-refractivity contribution is -0.120. The fourth-order valence-electron chi connectivity index (χ4n) is 3.10. The summed E-state index contributed by atoms with van der Waals surface area (Å²) in [5.41, 5.74) is 1.17. The Bertz CT molecular complexity index is 898. The molecule has 1 amide bonds. The number of amides is 1. The van der Waals surface area contributed by atoms with Crippen LogP contribution < -0.4 is 10.9 Å². The summed E-state index contributed by atoms with van der Waals surface area (Å²) in [5, 5.41) is 3.99. The smallest absolute Gasteiger partial charge is 0.263 e. The molecule has 2 heterocycles. The van der Waals surface area contributed by atoms with E-state index in [0.29, 0.717) is 24.2 Å². The summed E-state index contributed by atoms with van der Waals surface area (Å²) in [7, 11) is 0. The van der Waals surface area contributed by atoms with E-state index in [1.54, 1.807) is 22.0 Å². The zero-order valence-electron chi connectivity index (χ0n) is 15.5. The van der Waals surface area contributed by atoms with E-state index < -0.39 is 0 Å². The molecule has 2 aromatic heterocycles. The molecule has 0 bridgehead atoms. The van der Waals surface area contributed by atoms with Crippen LogP contribution in [0.2, 0.25) is 0 Å². The molecule has 1 atom stereocenters. The predicted molar refractivity (Wildman–Crippen MR) is 109 cm³/mol. The maximum Gasteiger partial charge on any atom is 0.263 e. The third kappa shape index (κ3) is 3.74. The van der Waals surface area contributed by atoms with E-state index in [-0.39, 0.29) is 16.7 Å². The first-order chi connectivity index (χ1) is 12.4. The molecule has 1 N–H and O–H groups in total. The largest absolute Gasteiger partial charge is 0.355 e. The molecule has 0 unspecified atom stereocenters. The summed E-state index contributed by atoms with van der Waals surface area (Å²) in [5.74, 6) is 0.370. The van der Waals surface area contributed by atoms with Crippen LogP contribution in [0.3, 0.4) is 0 Å². The Morgan fingerprint density at radius 2 is 2.19 bits per heavy atom. The molecule has 0 radical (unpaired) electrons. The number of hydrogen-bond acceptors (Lipinski definition) is 5. The number of hydrogen-bond donors (Lipinski definition) is 1. The van der Waals surface area contributed by atoms with Crippen molar-refractivity contribution in [2.24, 2.45) is 5.92 Å². The average Bonchev–Trinajstić information content (AvgIpc) is 3.16. The van der Waals surface area contributed by atoms with Crippen molar-refractivity contribution >= 4 is 39.2 Å². The van der Waals surface area contributed by atoms with Crippen LogP contribution in [-0.2, 0) is 24.2 Å². The molecule has 26 heavy (non-hydrogen) atoms. The number of nitrogens with one attached hydrogen (secondary N) is 1. The number of thioether (sulfide) groups is 1. The van der Waals surface area contributed by atoms with Crippen molar-refractivity contribution in [1.82, 2.24) is 14.9 Å². The number of rotatable bonds is 7. The first kappa shape index (κ1) is 19.2. The van der Waals surface area contributed by atoms with Gasteiger partial charge in [-0.05, 0) is 37.7 Å². The van der Waals surface area contributed by atoms with Gasteiger partial charge in [-0.1, -0.05) is 31.7 Å². The third-order valence-electron chi connectivity index (χ3n) is 4.44. The third-order valence-corrected chi connectivity index (χ3v) is 6.71. The Morgan fingerprint density at radius 1 is 1.42 bits per heavy atom. The Labute approximate surface area is 161 Å². The van der Waals surface area contributed by atoms with E-state index >= 15 is 0 Å². The van der Waals surface area contributed by atoms with Gasteiger partial charge in [-0.3, -0.25) is 14.2 Å². The number of carbonyl (C=O) groups excluding carboxylic acids is 1. The Kier molecular flexibility index (Phi) is 5.87. The number of nitrogens with zero attached hydrogens (tertiary/aromatic N) is 2. The van der Waals surface area contributed by atoms with Crippen LogP contribution in [0, 0.1) is 5.92 Å². The standard InChI is InChI=1S/C19H25N3O2S2/c1-5-9-22-18(24)15-13-7-6-8-14(13)26-17(15)21-19(22)25-12(4)16(23)20-10-11(2)3/h5,11-12H,1,6-10H2,2-4H3,(H,20,23)/t12-/m0/s1. The van der Waals surface area contributed by atoms with Gasteiger partial charge in [-0.15, -0.1) is 17.9 Å². The molecule has 2 aromatic rings. The zero-order valence-corrected chi connectivity index (χ0v) is 17.1. The highest BCUT2D eigenvalue weighted by Crippen LogP contribution is 2.36. The van der Waals surface area contributed by atoms with E-state index in [1.165, 1.54) is 22.2 Å². The molecule has 0 fully saturated rings. The molecule has 5 nitrogen and oxygen atoms in total. The van der Waals surface area contributed by atoms with Crippen molar-refractivity contribution < 1.29 is 4.79 Å². The maximum absolute atomic E-state index is 13.1. The molecule has 0 saturated carbocycles. The molecule has 140 valence electrons. The summed E-state index contributed by atoms with van der Waals surface area (Å²) in [4.78, 5) is 32.3. The lowest BCUT2D eigenvalue weighted by atomic mass is 10.2. The number of aromatic nitrogens is 2. The van der Waals surface area contributed by atoms with E-state index in [0.717, 1.165) is 29.5 Å². The Hall–Kier alpha value is -1.60. The van der Waals surface area contributed by atoms with Gasteiger partial charge in [0, 0.05) is 18.0 Å². The highest BCUT2D eigenvalue weighted by molar-refractivity contribution is 8.00. The topological polar surface area (TPSA) is 64.0 Å². The van der Waals surface area contributed by atoms with Gasteiger partial charge in [0.2, 0.25) is 5.91 Å². The van der Waals surface area contributed by atoms with Crippen LogP contribution in [0.25, 0.3) is 10.2 Å². The molecule has 0 aliphatic heterocycles. The molecular weight excluding hydrogens is 366 g/mol. The van der Waals surface area contributed by atoms with Crippen molar-refractivity contribution in [3.05, 3.63) is 33.4 Å². The van der Waals surface area contributed by atoms with Gasteiger partial charge in [-0.25, -0.2) is 4.98 Å². The van der Waals surface area contributed by atoms with Crippen molar-refractivity contribution in [2.45, 2.75) is 57.0 Å². The predicted octanol–water partition coefficient (Wildman–Crippen LogP) is 3.39. The average molecular weight is 392 g/mol. The number of fused-ring (bicyclic) bond motifs is 3. The quantitative estimate of drug-likeness (QED) is 0.446. The second-order valence-electron chi connectivity index (χ2n) is 7.04. The van der Waals surface area contributed by atoms with Gasteiger partial charge in [0.05, 0.1) is 10.6 Å². The minimum atomic E-state index is -0.319. The molecule has 0 aromatic carbocycles. The normalized spacial score (nSPS) is 14.6. The van der Waals surface area contributed by atoms with Gasteiger partial charge >= 0.3 is 0 Å². The highest BCUT2D eigenvalue weighted by Gasteiger charge is 2.24. The van der Waals surface area contributed by atoms with E-state index in [2.05, 4.69) is 25.7 Å². The molecule has 1 aliphatic carbocycles. The van der Waals surface area contributed by atoms with E-state index in [9.17, 15) is 9.59 Å². The highest BCUT2D eigenvalue weighted by atomic mass is 32.2. The van der Waals surface area contributed by atoms with Crippen LogP contribution in [0.15, 0.2) is 22.6 Å². The summed E-state index contributed by atoms with van der Waals surface area (Å²) in [6.45, 7) is 10.8. The van der Waals surface area contributed by atoms with Gasteiger partial charge < -0.3 is 5.32 Å². The van der Waals surface area contributed by atoms with Crippen LogP contribution in [0.5, 0.6) is 0 Å². The van der Waals surface area contributed by atoms with Crippen LogP contribution >= 0.6 is 23.1 Å². The summed E-state index contributed by atoms with van der Waals surface area (Å²) >= 11 is 2.97. The maximum atomic E-state index is 13.1. The molecule has 0 spiro atoms. The fraction of sp³-hybridized carbons (Fsp3) is 0.526. The second kappa shape index (κ2) is 7.96. The van der Waals surface area contributed by atoms with E-state index in [1.807, 2.05) is 6.92 Å². The summed E-state index contributed by atoms with van der Waals surface area (Å²) < 4.78 is 1.65. The Balaban J connectivity index is 1.94. The minimum absolute atomic E-state index is 0.00779. The minimum Gasteiger partial charge on any atom is -0.355 e. The number of allylic oxidation sites excluding steroid dienone is 1. The van der Waals surface area contributed by atoms with Gasteiger partial charge in [0.1, 0.15) is 4.83 Å².